The fourth-order valence-corrected chi connectivity index (χ4v) is 5.79. The number of thiophene rings is 1. The molecule has 1 aromatic heterocycles. The number of carboxylic acid groups (broad SMARTS) is 1. The third-order valence-electron chi connectivity index (χ3n) is 3.89. The van der Waals surface area contributed by atoms with Gasteiger partial charge in [0.25, 0.3) is 10.0 Å². The van der Waals surface area contributed by atoms with E-state index < -0.39 is 16.0 Å². The van der Waals surface area contributed by atoms with E-state index in [1.54, 1.807) is 6.07 Å². The van der Waals surface area contributed by atoms with Crippen LogP contribution >= 0.6 is 11.3 Å². The van der Waals surface area contributed by atoms with Crippen LogP contribution in [-0.2, 0) is 26.0 Å². The molecule has 0 bridgehead atoms. The minimum atomic E-state index is -3.48. The van der Waals surface area contributed by atoms with Gasteiger partial charge in [0.1, 0.15) is 10.8 Å². The van der Waals surface area contributed by atoms with E-state index in [0.717, 1.165) is 24.2 Å². The zero-order valence-corrected chi connectivity index (χ0v) is 16.1. The Hall–Kier alpha value is -1.45. The Bertz CT molecular complexity index is 721. The fourth-order valence-electron chi connectivity index (χ4n) is 2.77. The molecule has 0 atom stereocenters. The summed E-state index contributed by atoms with van der Waals surface area (Å²) in [5.74, 6) is -1.21. The number of carboxylic acids is 1. The van der Waals surface area contributed by atoms with E-state index in [1.165, 1.54) is 15.3 Å². The van der Waals surface area contributed by atoms with Gasteiger partial charge in [0.2, 0.25) is 5.91 Å². The Morgan fingerprint density at radius 1 is 1.28 bits per heavy atom. The first-order valence-corrected chi connectivity index (χ1v) is 10.5. The topological polar surface area (TPSA) is 95.0 Å². The number of aliphatic carboxylic acids is 1. The van der Waals surface area contributed by atoms with Gasteiger partial charge < -0.3 is 10.0 Å². The van der Waals surface area contributed by atoms with Crippen molar-refractivity contribution in [3.8, 4) is 0 Å². The molecule has 0 aliphatic carbocycles. The molecule has 25 heavy (non-hydrogen) atoms. The minimum absolute atomic E-state index is 0.0141. The predicted octanol–water partition coefficient (Wildman–Crippen LogP) is 1.64. The largest absolute Gasteiger partial charge is 0.480 e. The number of amides is 1. The number of nitrogens with zero attached hydrogens (tertiary/aromatic N) is 2. The quantitative estimate of drug-likeness (QED) is 0.731. The molecule has 1 saturated heterocycles. The molecule has 0 unspecified atom stereocenters. The Morgan fingerprint density at radius 2 is 1.92 bits per heavy atom. The van der Waals surface area contributed by atoms with E-state index in [9.17, 15) is 18.0 Å². The number of rotatable bonds is 8. The summed E-state index contributed by atoms with van der Waals surface area (Å²) in [6.45, 7) is 4.91. The predicted molar refractivity (Wildman–Crippen MR) is 95.1 cm³/mol. The van der Waals surface area contributed by atoms with Crippen LogP contribution in [0.5, 0.6) is 0 Å². The highest BCUT2D eigenvalue weighted by molar-refractivity contribution is 7.91. The average molecular weight is 389 g/mol. The number of carbonyl (C=O) groups is 2. The molecule has 1 amide bonds. The first-order chi connectivity index (χ1) is 11.7. The van der Waals surface area contributed by atoms with Crippen LogP contribution in [0.25, 0.3) is 0 Å². The van der Waals surface area contributed by atoms with Gasteiger partial charge in [-0.2, -0.15) is 4.31 Å². The van der Waals surface area contributed by atoms with E-state index in [1.807, 2.05) is 13.8 Å². The van der Waals surface area contributed by atoms with Crippen molar-refractivity contribution in [1.82, 2.24) is 9.21 Å². The molecular formula is C16H24N2O5S2. The molecule has 0 saturated carbocycles. The monoisotopic (exact) mass is 388 g/mol. The maximum atomic E-state index is 12.5. The molecule has 0 aromatic carbocycles. The van der Waals surface area contributed by atoms with Crippen LogP contribution in [0.2, 0.25) is 0 Å². The van der Waals surface area contributed by atoms with Gasteiger partial charge in [-0.05, 0) is 30.9 Å². The van der Waals surface area contributed by atoms with Crippen molar-refractivity contribution in [2.45, 2.75) is 37.3 Å². The van der Waals surface area contributed by atoms with E-state index in [2.05, 4.69) is 0 Å². The van der Waals surface area contributed by atoms with Crippen molar-refractivity contribution >= 4 is 33.2 Å². The highest BCUT2D eigenvalue weighted by Crippen LogP contribution is 2.27. The summed E-state index contributed by atoms with van der Waals surface area (Å²) in [6, 6.07) is 3.17. The fraction of sp³-hybridized carbons (Fsp3) is 0.625. The van der Waals surface area contributed by atoms with Gasteiger partial charge in [0.05, 0.1) is 6.42 Å². The van der Waals surface area contributed by atoms with Crippen LogP contribution in [0, 0.1) is 5.92 Å². The Labute approximate surface area is 152 Å². The maximum absolute atomic E-state index is 12.5. The average Bonchev–Trinajstić information content (AvgIpc) is 3.17. The smallest absolute Gasteiger partial charge is 0.323 e. The summed E-state index contributed by atoms with van der Waals surface area (Å²) in [5, 5.41) is 8.97. The molecule has 1 N–H and O–H groups in total. The molecular weight excluding hydrogens is 364 g/mol. The summed E-state index contributed by atoms with van der Waals surface area (Å²) in [7, 11) is -3.48. The van der Waals surface area contributed by atoms with Gasteiger partial charge in [-0.25, -0.2) is 8.42 Å². The molecule has 0 spiro atoms. The minimum Gasteiger partial charge on any atom is -0.480 e. The van der Waals surface area contributed by atoms with Gasteiger partial charge in [0, 0.05) is 24.5 Å². The number of hydrogen-bond donors (Lipinski definition) is 1. The highest BCUT2D eigenvalue weighted by atomic mass is 32.2. The number of carbonyl (C=O) groups excluding carboxylic acids is 1. The Balaban J connectivity index is 2.08. The van der Waals surface area contributed by atoms with Crippen LogP contribution in [0.15, 0.2) is 16.3 Å². The summed E-state index contributed by atoms with van der Waals surface area (Å²) in [4.78, 5) is 25.3. The molecule has 9 heteroatoms. The van der Waals surface area contributed by atoms with Crippen molar-refractivity contribution in [3.05, 3.63) is 17.0 Å². The zero-order chi connectivity index (χ0) is 18.6. The summed E-state index contributed by atoms with van der Waals surface area (Å²) >= 11 is 1.09. The lowest BCUT2D eigenvalue weighted by Gasteiger charge is -2.22. The summed E-state index contributed by atoms with van der Waals surface area (Å²) < 4.78 is 26.8. The SMILES string of the molecule is CC(C)CN(CC(=O)O)C(=O)Cc1ccc(S(=O)(=O)N2CCCC2)s1. The molecule has 140 valence electrons. The van der Waals surface area contributed by atoms with Crippen LogP contribution in [0.3, 0.4) is 0 Å². The van der Waals surface area contributed by atoms with Gasteiger partial charge in [0.15, 0.2) is 0 Å². The zero-order valence-electron chi connectivity index (χ0n) is 14.5. The second-order valence-electron chi connectivity index (χ2n) is 6.57. The standard InChI is InChI=1S/C16H24N2O5S2/c1-12(2)10-17(11-15(20)21)14(19)9-13-5-6-16(24-13)25(22,23)18-7-3-4-8-18/h5-6,12H,3-4,7-11H2,1-2H3,(H,20,21). The first-order valence-electron chi connectivity index (χ1n) is 8.28. The molecule has 0 radical (unpaired) electrons. The first kappa shape index (κ1) is 19.9. The van der Waals surface area contributed by atoms with E-state index in [4.69, 9.17) is 5.11 Å². The van der Waals surface area contributed by atoms with Crippen LogP contribution < -0.4 is 0 Å². The molecule has 1 aromatic rings. The van der Waals surface area contributed by atoms with Crippen molar-refractivity contribution in [3.63, 3.8) is 0 Å². The lowest BCUT2D eigenvalue weighted by molar-refractivity contribution is -0.144. The van der Waals surface area contributed by atoms with Crippen molar-refractivity contribution in [2.24, 2.45) is 5.92 Å². The Kier molecular flexibility index (Phi) is 6.59. The number of sulfonamides is 1. The lowest BCUT2D eigenvalue weighted by Crippen LogP contribution is -2.39. The van der Waals surface area contributed by atoms with Gasteiger partial charge >= 0.3 is 5.97 Å². The van der Waals surface area contributed by atoms with Crippen molar-refractivity contribution in [2.75, 3.05) is 26.2 Å². The summed E-state index contributed by atoms with van der Waals surface area (Å²) in [6.07, 6.45) is 1.75. The van der Waals surface area contributed by atoms with Crippen LogP contribution in [0.1, 0.15) is 31.6 Å². The number of hydrogen-bond acceptors (Lipinski definition) is 5. The molecule has 7 nitrogen and oxygen atoms in total. The maximum Gasteiger partial charge on any atom is 0.323 e. The van der Waals surface area contributed by atoms with E-state index in [0.29, 0.717) is 24.5 Å². The van der Waals surface area contributed by atoms with Gasteiger partial charge in [-0.15, -0.1) is 11.3 Å². The Morgan fingerprint density at radius 3 is 2.48 bits per heavy atom. The molecule has 2 rings (SSSR count). The normalized spacial score (nSPS) is 15.6. The third kappa shape index (κ3) is 5.26. The second kappa shape index (κ2) is 8.29. The molecule has 1 aliphatic rings. The second-order valence-corrected chi connectivity index (χ2v) is 9.90. The van der Waals surface area contributed by atoms with E-state index >= 15 is 0 Å². The van der Waals surface area contributed by atoms with Gasteiger partial charge in [-0.1, -0.05) is 13.8 Å². The van der Waals surface area contributed by atoms with Crippen LogP contribution in [-0.4, -0.2) is 60.8 Å². The summed E-state index contributed by atoms with van der Waals surface area (Å²) in [5.41, 5.74) is 0. The van der Waals surface area contributed by atoms with E-state index in [-0.39, 0.29) is 29.0 Å². The molecule has 1 fully saturated rings. The molecule has 1 aliphatic heterocycles. The van der Waals surface area contributed by atoms with Crippen LogP contribution in [0.4, 0.5) is 0 Å². The van der Waals surface area contributed by atoms with Crippen molar-refractivity contribution < 1.29 is 23.1 Å². The lowest BCUT2D eigenvalue weighted by atomic mass is 10.2. The molecule has 2 heterocycles. The van der Waals surface area contributed by atoms with Gasteiger partial charge in [-0.3, -0.25) is 9.59 Å². The van der Waals surface area contributed by atoms with Crippen molar-refractivity contribution in [1.29, 1.82) is 0 Å². The third-order valence-corrected chi connectivity index (χ3v) is 7.34. The highest BCUT2D eigenvalue weighted by Gasteiger charge is 2.29.